The number of carbonyl (C=O) groups excluding carboxylic acids is 1. The number of hydrogen-bond acceptors (Lipinski definition) is 8. The summed E-state index contributed by atoms with van der Waals surface area (Å²) in [5.74, 6) is 0.615. The second-order valence-corrected chi connectivity index (χ2v) is 8.47. The van der Waals surface area contributed by atoms with Gasteiger partial charge in [0.2, 0.25) is 0 Å². The Morgan fingerprint density at radius 1 is 0.943 bits per heavy atom. The van der Waals surface area contributed by atoms with Crippen LogP contribution in [0.3, 0.4) is 0 Å². The Morgan fingerprint density at radius 3 is 2.31 bits per heavy atom. The van der Waals surface area contributed by atoms with Crippen LogP contribution in [0.15, 0.2) is 89.4 Å². The van der Waals surface area contributed by atoms with Gasteiger partial charge < -0.3 is 18.4 Å². The van der Waals surface area contributed by atoms with Crippen LogP contribution in [0.1, 0.15) is 15.9 Å². The van der Waals surface area contributed by atoms with Crippen LogP contribution >= 0.6 is 0 Å². The van der Waals surface area contributed by atoms with Crippen LogP contribution in [0.4, 0.5) is 0 Å². The van der Waals surface area contributed by atoms with Crippen molar-refractivity contribution in [2.75, 3.05) is 20.8 Å². The fourth-order valence-corrected chi connectivity index (χ4v) is 3.85. The Balaban J connectivity index is 1.69. The van der Waals surface area contributed by atoms with Gasteiger partial charge in [-0.3, -0.25) is 4.79 Å². The Morgan fingerprint density at radius 2 is 1.63 bits per heavy atom. The summed E-state index contributed by atoms with van der Waals surface area (Å²) < 4.78 is 46.2. The number of nitrogens with one attached hydrogen (secondary N) is 1. The third-order valence-electron chi connectivity index (χ3n) is 4.58. The molecule has 0 aliphatic carbocycles. The van der Waals surface area contributed by atoms with Gasteiger partial charge in [0.15, 0.2) is 23.0 Å². The van der Waals surface area contributed by atoms with Gasteiger partial charge in [-0.1, -0.05) is 30.9 Å². The molecule has 3 aromatic carbocycles. The van der Waals surface area contributed by atoms with Crippen molar-refractivity contribution in [3.8, 4) is 23.0 Å². The maximum atomic E-state index is 12.5. The predicted molar refractivity (Wildman–Crippen MR) is 131 cm³/mol. The summed E-state index contributed by atoms with van der Waals surface area (Å²) in [5.41, 5.74) is 3.28. The van der Waals surface area contributed by atoms with E-state index < -0.39 is 16.0 Å². The highest BCUT2D eigenvalue weighted by Crippen LogP contribution is 2.30. The lowest BCUT2D eigenvalue weighted by molar-refractivity contribution is 0.0954. The molecule has 0 spiro atoms. The SMILES string of the molecule is C=CCOc1ccc(C(=O)N/N=C/c2ccc(OS(=O)(=O)c3ccccc3)c(OC)c2)cc1OC. The van der Waals surface area contributed by atoms with Gasteiger partial charge in [-0.15, -0.1) is 0 Å². The second kappa shape index (κ2) is 11.7. The molecule has 0 radical (unpaired) electrons. The van der Waals surface area contributed by atoms with E-state index in [9.17, 15) is 13.2 Å². The minimum Gasteiger partial charge on any atom is -0.493 e. The number of amides is 1. The third kappa shape index (κ3) is 6.61. The zero-order valence-electron chi connectivity index (χ0n) is 19.1. The van der Waals surface area contributed by atoms with Crippen LogP contribution in [-0.2, 0) is 10.1 Å². The molecular formula is C25H24N2O7S. The lowest BCUT2D eigenvalue weighted by Crippen LogP contribution is -2.17. The number of methoxy groups -OCH3 is 2. The van der Waals surface area contributed by atoms with Crippen molar-refractivity contribution in [2.24, 2.45) is 5.10 Å². The highest BCUT2D eigenvalue weighted by atomic mass is 32.2. The highest BCUT2D eigenvalue weighted by Gasteiger charge is 2.19. The largest absolute Gasteiger partial charge is 0.493 e. The first kappa shape index (κ1) is 25.3. The van der Waals surface area contributed by atoms with E-state index in [4.69, 9.17) is 18.4 Å². The lowest BCUT2D eigenvalue weighted by Gasteiger charge is -2.11. The number of hydrazone groups is 1. The van der Waals surface area contributed by atoms with Crippen LogP contribution in [0.2, 0.25) is 0 Å². The van der Waals surface area contributed by atoms with E-state index in [1.54, 1.807) is 42.5 Å². The second-order valence-electron chi connectivity index (χ2n) is 6.93. The summed E-state index contributed by atoms with van der Waals surface area (Å²) in [4.78, 5) is 12.5. The van der Waals surface area contributed by atoms with Crippen LogP contribution in [-0.4, -0.2) is 41.4 Å². The molecule has 0 aliphatic heterocycles. The molecule has 0 fully saturated rings. The van der Waals surface area contributed by atoms with Crippen molar-refractivity contribution in [3.05, 3.63) is 90.5 Å². The van der Waals surface area contributed by atoms with Crippen LogP contribution < -0.4 is 23.8 Å². The van der Waals surface area contributed by atoms with Gasteiger partial charge in [0.25, 0.3) is 5.91 Å². The van der Waals surface area contributed by atoms with E-state index in [0.717, 1.165) is 0 Å². The van der Waals surface area contributed by atoms with E-state index >= 15 is 0 Å². The van der Waals surface area contributed by atoms with Crippen molar-refractivity contribution in [1.82, 2.24) is 5.43 Å². The number of ether oxygens (including phenoxy) is 3. The summed E-state index contributed by atoms with van der Waals surface area (Å²) in [6.45, 7) is 3.90. The van der Waals surface area contributed by atoms with Gasteiger partial charge in [-0.2, -0.15) is 13.5 Å². The first-order chi connectivity index (χ1) is 16.9. The Labute approximate surface area is 203 Å². The molecule has 35 heavy (non-hydrogen) atoms. The van der Waals surface area contributed by atoms with Gasteiger partial charge in [-0.25, -0.2) is 5.43 Å². The van der Waals surface area contributed by atoms with Crippen LogP contribution in [0.5, 0.6) is 23.0 Å². The average molecular weight is 497 g/mol. The molecular weight excluding hydrogens is 472 g/mol. The molecule has 0 saturated carbocycles. The normalized spacial score (nSPS) is 11.0. The molecule has 0 saturated heterocycles. The van der Waals surface area contributed by atoms with Gasteiger partial charge in [0, 0.05) is 5.56 Å². The monoisotopic (exact) mass is 496 g/mol. The summed E-state index contributed by atoms with van der Waals surface area (Å²) in [6.07, 6.45) is 2.99. The maximum absolute atomic E-state index is 12.5. The zero-order chi connectivity index (χ0) is 25.3. The molecule has 0 aliphatic rings. The highest BCUT2D eigenvalue weighted by molar-refractivity contribution is 7.87. The summed E-state index contributed by atoms with van der Waals surface area (Å²) >= 11 is 0. The molecule has 1 N–H and O–H groups in total. The number of hydrogen-bond donors (Lipinski definition) is 1. The third-order valence-corrected chi connectivity index (χ3v) is 5.83. The molecule has 0 unspecified atom stereocenters. The Kier molecular flexibility index (Phi) is 8.47. The smallest absolute Gasteiger partial charge is 0.339 e. The number of nitrogens with zero attached hydrogens (tertiary/aromatic N) is 1. The van der Waals surface area contributed by atoms with Gasteiger partial charge in [0.05, 0.1) is 20.4 Å². The van der Waals surface area contributed by atoms with Crippen molar-refractivity contribution in [2.45, 2.75) is 4.90 Å². The predicted octanol–water partition coefficient (Wildman–Crippen LogP) is 3.80. The van der Waals surface area contributed by atoms with E-state index in [1.165, 1.54) is 50.8 Å². The number of rotatable bonds is 11. The fourth-order valence-electron chi connectivity index (χ4n) is 2.89. The molecule has 0 heterocycles. The lowest BCUT2D eigenvalue weighted by atomic mass is 10.2. The zero-order valence-corrected chi connectivity index (χ0v) is 19.9. The van der Waals surface area contributed by atoms with E-state index in [0.29, 0.717) is 29.2 Å². The topological polar surface area (TPSA) is 113 Å². The van der Waals surface area contributed by atoms with E-state index in [2.05, 4.69) is 17.1 Å². The first-order valence-electron chi connectivity index (χ1n) is 10.3. The van der Waals surface area contributed by atoms with Crippen molar-refractivity contribution >= 4 is 22.2 Å². The van der Waals surface area contributed by atoms with Gasteiger partial charge in [0.1, 0.15) is 11.5 Å². The molecule has 10 heteroatoms. The summed E-state index contributed by atoms with van der Waals surface area (Å²) in [6, 6.07) is 17.0. The molecule has 0 atom stereocenters. The number of carbonyl (C=O) groups is 1. The molecule has 3 aromatic rings. The molecule has 182 valence electrons. The summed E-state index contributed by atoms with van der Waals surface area (Å²) in [5, 5.41) is 3.95. The van der Waals surface area contributed by atoms with Gasteiger partial charge in [-0.05, 0) is 54.1 Å². The summed E-state index contributed by atoms with van der Waals surface area (Å²) in [7, 11) is -1.17. The molecule has 3 rings (SSSR count). The van der Waals surface area contributed by atoms with E-state index in [1.807, 2.05) is 0 Å². The molecule has 1 amide bonds. The minimum absolute atomic E-state index is 0.0170. The van der Waals surface area contributed by atoms with Crippen molar-refractivity contribution < 1.29 is 31.6 Å². The van der Waals surface area contributed by atoms with Crippen LogP contribution in [0.25, 0.3) is 0 Å². The first-order valence-corrected chi connectivity index (χ1v) is 11.7. The Bertz CT molecular complexity index is 1320. The molecule has 0 aromatic heterocycles. The number of benzene rings is 3. The van der Waals surface area contributed by atoms with E-state index in [-0.39, 0.29) is 16.4 Å². The Hall–Kier alpha value is -4.31. The quantitative estimate of drug-likeness (QED) is 0.186. The van der Waals surface area contributed by atoms with Gasteiger partial charge >= 0.3 is 10.1 Å². The van der Waals surface area contributed by atoms with Crippen molar-refractivity contribution in [1.29, 1.82) is 0 Å². The minimum atomic E-state index is -4.03. The standard InChI is InChI=1S/C25H24N2O7S/c1-4-14-33-21-13-11-19(16-24(21)32-3)25(28)27-26-17-18-10-12-22(23(15-18)31-2)34-35(29,30)20-8-6-5-7-9-20/h4-13,15-17H,1,14H2,2-3H3,(H,27,28)/b26-17+. The maximum Gasteiger partial charge on any atom is 0.339 e. The average Bonchev–Trinajstić information content (AvgIpc) is 2.88. The molecule has 9 nitrogen and oxygen atoms in total. The van der Waals surface area contributed by atoms with Crippen LogP contribution in [0, 0.1) is 0 Å². The van der Waals surface area contributed by atoms with Crippen molar-refractivity contribution in [3.63, 3.8) is 0 Å². The molecule has 0 bridgehead atoms. The fraction of sp³-hybridized carbons (Fsp3) is 0.120.